The number of alkyl carbamates (subject to hydrolysis) is 1. The van der Waals surface area contributed by atoms with E-state index >= 15 is 0 Å². The van der Waals surface area contributed by atoms with Gasteiger partial charge >= 0.3 is 12.1 Å². The Hall–Kier alpha value is -6.13. The first-order valence-electron chi connectivity index (χ1n) is 19.6. The van der Waals surface area contributed by atoms with Gasteiger partial charge in [0.2, 0.25) is 5.91 Å². The minimum Gasteiger partial charge on any atom is -0.392 e. The molecule has 1 saturated heterocycles. The molecule has 0 aliphatic carbocycles. The van der Waals surface area contributed by atoms with Crippen LogP contribution in [0.3, 0.4) is 0 Å². The first-order chi connectivity index (χ1) is 29.7. The number of cyclic esters (lactones) is 2. The summed E-state index contributed by atoms with van der Waals surface area (Å²) in [5.74, 6) is 2.31. The van der Waals surface area contributed by atoms with Crippen molar-refractivity contribution in [3.8, 4) is 12.3 Å². The van der Waals surface area contributed by atoms with E-state index in [1.807, 2.05) is 121 Å². The van der Waals surface area contributed by atoms with Crippen LogP contribution in [0.15, 0.2) is 170 Å². The zero-order valence-electron chi connectivity index (χ0n) is 33.4. The van der Waals surface area contributed by atoms with Crippen molar-refractivity contribution in [1.82, 2.24) is 10.6 Å². The summed E-state index contributed by atoms with van der Waals surface area (Å²) < 4.78 is 3.45. The first-order valence-corrected chi connectivity index (χ1v) is 21.6. The molecule has 1 aliphatic heterocycles. The molecule has 6 aromatic carbocycles. The van der Waals surface area contributed by atoms with Crippen LogP contribution in [0.1, 0.15) is 44.5 Å². The van der Waals surface area contributed by atoms with Crippen LogP contribution in [-0.2, 0) is 37.0 Å². The molecule has 0 spiro atoms. The predicted octanol–water partition coefficient (Wildman–Crippen LogP) is 7.12. The van der Waals surface area contributed by atoms with Gasteiger partial charge in [-0.3, -0.25) is 4.79 Å². The highest BCUT2D eigenvalue weighted by Gasteiger charge is 2.41. The second kappa shape index (κ2) is 21.4. The van der Waals surface area contributed by atoms with Crippen LogP contribution in [-0.4, -0.2) is 58.3 Å². The smallest absolute Gasteiger partial charge is 0.392 e. The van der Waals surface area contributed by atoms with E-state index in [1.165, 1.54) is 0 Å². The molecule has 2 atom stereocenters. The summed E-state index contributed by atoms with van der Waals surface area (Å²) in [4.78, 5) is 35.9. The number of amides is 2. The van der Waals surface area contributed by atoms with E-state index in [-0.39, 0.29) is 25.7 Å². The summed E-state index contributed by atoms with van der Waals surface area (Å²) in [5, 5.41) is 24.2. The molecule has 1 fully saturated rings. The number of aliphatic hydroxyl groups is 2. The third-order valence-electron chi connectivity index (χ3n) is 10.2. The molecule has 61 heavy (non-hydrogen) atoms. The van der Waals surface area contributed by atoms with Crippen molar-refractivity contribution >= 4 is 41.5 Å². The molecule has 1 aliphatic rings. The molecule has 0 unspecified atom stereocenters. The Morgan fingerprint density at radius 3 is 1.38 bits per heavy atom. The average molecular weight is 850 g/mol. The van der Waals surface area contributed by atoms with E-state index in [9.17, 15) is 24.6 Å². The number of hydrogen-bond acceptors (Lipinski definition) is 9. The molecule has 0 saturated carbocycles. The van der Waals surface area contributed by atoms with Crippen molar-refractivity contribution in [2.45, 2.75) is 34.8 Å². The first kappa shape index (κ1) is 44.4. The number of hydrogen-bond donors (Lipinski definition) is 5. The largest absolute Gasteiger partial charge is 0.415 e. The summed E-state index contributed by atoms with van der Waals surface area (Å²) in [6.45, 7) is 0.108. The lowest BCUT2D eigenvalue weighted by molar-refractivity contribution is -0.134. The maximum atomic E-state index is 12.3. The topological polar surface area (TPSA) is 151 Å². The normalized spacial score (nSPS) is 14.1. The number of ether oxygens (including phenoxy) is 1. The van der Waals surface area contributed by atoms with E-state index in [2.05, 4.69) is 69.8 Å². The number of benzene rings is 6. The van der Waals surface area contributed by atoms with Gasteiger partial charge in [0.25, 0.3) is 0 Å². The van der Waals surface area contributed by atoms with E-state index in [4.69, 9.17) is 12.2 Å². The Labute approximate surface area is 365 Å². The summed E-state index contributed by atoms with van der Waals surface area (Å²) in [5.41, 5.74) is 14.2. The number of terminal acetylenes is 1. The van der Waals surface area contributed by atoms with Crippen LogP contribution < -0.4 is 16.4 Å². The highest BCUT2D eigenvalue weighted by Crippen LogP contribution is 2.50. The predicted molar refractivity (Wildman–Crippen MR) is 243 cm³/mol. The van der Waals surface area contributed by atoms with Crippen LogP contribution in [0.5, 0.6) is 0 Å². The number of aliphatic hydroxyl groups excluding tert-OH is 2. The molecule has 7 rings (SSSR count). The van der Waals surface area contributed by atoms with Gasteiger partial charge in [0.15, 0.2) is 0 Å². The van der Waals surface area contributed by atoms with Crippen LogP contribution in [0.25, 0.3) is 0 Å². The van der Waals surface area contributed by atoms with E-state index < -0.39 is 33.6 Å². The molecule has 2 amide bonds. The molecule has 11 heteroatoms. The number of thioether (sulfide) groups is 2. The van der Waals surface area contributed by atoms with Crippen molar-refractivity contribution in [2.75, 3.05) is 18.1 Å². The molecule has 9 nitrogen and oxygen atoms in total. The molecule has 6 N–H and O–H groups in total. The number of esters is 1. The summed E-state index contributed by atoms with van der Waals surface area (Å²) in [7, 11) is 0. The van der Waals surface area contributed by atoms with Crippen molar-refractivity contribution in [3.05, 3.63) is 214 Å². The van der Waals surface area contributed by atoms with Gasteiger partial charge in [-0.1, -0.05) is 176 Å². The molecule has 0 aromatic heterocycles. The van der Waals surface area contributed by atoms with E-state index in [0.29, 0.717) is 11.5 Å². The fourth-order valence-corrected chi connectivity index (χ4v) is 10.2. The Morgan fingerprint density at radius 1 is 0.656 bits per heavy atom. The molecule has 1 heterocycles. The molecular weight excluding hydrogens is 803 g/mol. The van der Waals surface area contributed by atoms with Crippen LogP contribution in [0, 0.1) is 12.3 Å². The van der Waals surface area contributed by atoms with Crippen LogP contribution >= 0.6 is 23.5 Å². The second-order valence-electron chi connectivity index (χ2n) is 14.1. The lowest BCUT2D eigenvalue weighted by Gasteiger charge is -2.36. The van der Waals surface area contributed by atoms with E-state index in [1.54, 1.807) is 23.5 Å². The second-order valence-corrected chi connectivity index (χ2v) is 16.6. The molecule has 310 valence electrons. The lowest BCUT2D eigenvalue weighted by atomic mass is 9.83. The van der Waals surface area contributed by atoms with Crippen LogP contribution in [0.2, 0.25) is 0 Å². The zero-order valence-corrected chi connectivity index (χ0v) is 35.0. The number of carbonyl (C=O) groups is 3. The molecule has 0 bridgehead atoms. The van der Waals surface area contributed by atoms with Crippen molar-refractivity contribution < 1.29 is 29.3 Å². The summed E-state index contributed by atoms with van der Waals surface area (Å²) >= 11 is 3.18. The highest BCUT2D eigenvalue weighted by molar-refractivity contribution is 8.01. The monoisotopic (exact) mass is 849 g/mol. The van der Waals surface area contributed by atoms with Gasteiger partial charge in [-0.05, 0) is 44.5 Å². The molecule has 0 radical (unpaired) electrons. The summed E-state index contributed by atoms with van der Waals surface area (Å²) in [6.07, 6.45) is 4.54. The fourth-order valence-electron chi connectivity index (χ4n) is 7.15. The molecular formula is C50H47N3O6S2. The number of rotatable bonds is 16. The Kier molecular flexibility index (Phi) is 15.6. The van der Waals surface area contributed by atoms with Gasteiger partial charge in [-0.15, -0.1) is 29.9 Å². The fraction of sp³-hybridized carbons (Fsp3) is 0.180. The average Bonchev–Trinajstić information content (AvgIpc) is 3.66. The Morgan fingerprint density at radius 2 is 1.03 bits per heavy atom. The Bertz CT molecular complexity index is 2300. The van der Waals surface area contributed by atoms with E-state index in [0.717, 1.165) is 44.5 Å². The van der Waals surface area contributed by atoms with Gasteiger partial charge in [-0.25, -0.2) is 9.59 Å². The zero-order chi connectivity index (χ0) is 43.1. The van der Waals surface area contributed by atoms with Gasteiger partial charge in [0.05, 0.1) is 35.3 Å². The minimum atomic E-state index is -0.707. The van der Waals surface area contributed by atoms with Crippen molar-refractivity contribution in [1.29, 1.82) is 0 Å². The van der Waals surface area contributed by atoms with Crippen molar-refractivity contribution in [3.63, 3.8) is 0 Å². The third kappa shape index (κ3) is 10.4. The number of nitrogens with two attached hydrogens (primary N) is 1. The highest BCUT2D eigenvalue weighted by atomic mass is 32.2. The Balaban J connectivity index is 0.000000204. The standard InChI is InChI=1S/C26H26N2O2S.C24H21NO4S/c1-2-17-28-25(30)24(27)19-31-26(21-9-5-3-6-10-21,22-11-7-4-8-12-22)23-15-13-20(18-29)14-16-23;26-15-17-11-13-20(14-12-17)24(18-7-3-1-4-8-18,19-9-5-2-6-10-19)30-16-21-22(27)29-23(28)25-21/h1,3-16,24,29H,17-19,27H2,(H,28,30);1-14,21,26H,15-16H2,(H,25,28)/t24-;21-/m00/s1. The summed E-state index contributed by atoms with van der Waals surface area (Å²) in [6, 6.07) is 54.8. The third-order valence-corrected chi connectivity index (χ3v) is 13.5. The van der Waals surface area contributed by atoms with Gasteiger partial charge in [0.1, 0.15) is 6.04 Å². The maximum absolute atomic E-state index is 12.3. The van der Waals surface area contributed by atoms with Gasteiger partial charge in [0, 0.05) is 11.5 Å². The number of carbonyl (C=O) groups excluding carboxylic acids is 3. The van der Waals surface area contributed by atoms with Gasteiger partial charge in [-0.2, -0.15) is 0 Å². The maximum Gasteiger partial charge on any atom is 0.415 e. The molecule has 6 aromatic rings. The lowest BCUT2D eigenvalue weighted by Crippen LogP contribution is -2.43. The number of nitrogens with one attached hydrogen (secondary N) is 2. The van der Waals surface area contributed by atoms with Crippen LogP contribution in [0.4, 0.5) is 4.79 Å². The SMILES string of the molecule is C#CCNC(=O)[C@@H](N)CSC(c1ccccc1)(c1ccccc1)c1ccc(CO)cc1.O=C1N[C@@H](CSC(c2ccccc2)(c2ccccc2)c2ccc(CO)cc2)C(=O)O1. The van der Waals surface area contributed by atoms with Crippen molar-refractivity contribution in [2.24, 2.45) is 5.73 Å². The minimum absolute atomic E-state index is 0.0165. The quantitative estimate of drug-likeness (QED) is 0.0297. The van der Waals surface area contributed by atoms with Gasteiger partial charge < -0.3 is 31.3 Å².